The molecule has 60 valence electrons. The first-order valence-electron chi connectivity index (χ1n) is 3.56. The third-order valence-electron chi connectivity index (χ3n) is 1.59. The molecule has 11 heavy (non-hydrogen) atoms. The molecule has 0 fully saturated rings. The molecule has 0 saturated heterocycles. The molecule has 1 aromatic rings. The number of hydrogen-bond donors (Lipinski definition) is 1. The molecule has 0 aliphatic heterocycles. The highest BCUT2D eigenvalue weighted by atomic mass is 32.2. The van der Waals surface area contributed by atoms with E-state index in [4.69, 9.17) is 0 Å². The van der Waals surface area contributed by atoms with Gasteiger partial charge < -0.3 is 0 Å². The van der Waals surface area contributed by atoms with Gasteiger partial charge in [0.2, 0.25) is 0 Å². The molecule has 2 heteroatoms. The van der Waals surface area contributed by atoms with Crippen molar-refractivity contribution in [3.05, 3.63) is 29.8 Å². The Bertz CT molecular complexity index is 231. The first-order valence-corrected chi connectivity index (χ1v) is 5.31. The minimum Gasteiger partial charge on any atom is -0.171 e. The molecular weight excluding hydrogens is 172 g/mol. The van der Waals surface area contributed by atoms with Crippen LogP contribution in [0.1, 0.15) is 17.7 Å². The lowest BCUT2D eigenvalue weighted by atomic mass is 10.2. The smallest absolute Gasteiger partial charge is 0.0249 e. The molecule has 0 nitrogen and oxygen atoms in total. The minimum absolute atomic E-state index is 0.332. The van der Waals surface area contributed by atoms with Gasteiger partial charge in [-0.15, -0.1) is 11.8 Å². The van der Waals surface area contributed by atoms with Gasteiger partial charge in [0, 0.05) is 10.1 Å². The highest BCUT2D eigenvalue weighted by Crippen LogP contribution is 2.28. The Morgan fingerprint density at radius 2 is 2.00 bits per heavy atom. The monoisotopic (exact) mass is 184 g/mol. The third-order valence-corrected chi connectivity index (χ3v) is 2.68. The van der Waals surface area contributed by atoms with E-state index in [-0.39, 0.29) is 0 Å². The second-order valence-corrected chi connectivity index (χ2v) is 4.04. The summed E-state index contributed by atoms with van der Waals surface area (Å²) >= 11 is 6.17. The minimum atomic E-state index is 0.332. The van der Waals surface area contributed by atoms with Gasteiger partial charge in [0.25, 0.3) is 0 Å². The van der Waals surface area contributed by atoms with E-state index in [1.54, 1.807) is 11.8 Å². The van der Waals surface area contributed by atoms with Gasteiger partial charge in [-0.1, -0.05) is 18.2 Å². The predicted octanol–water partition coefficient (Wildman–Crippen LogP) is 3.40. The standard InChI is InChI=1S/C9H12S2/c1-7(10)8-5-3-4-6-9(8)11-2/h3-7,10H,1-2H3. The van der Waals surface area contributed by atoms with Gasteiger partial charge in [-0.25, -0.2) is 0 Å². The normalized spacial score (nSPS) is 13.0. The molecular formula is C9H12S2. The van der Waals surface area contributed by atoms with Crippen LogP contribution in [0.2, 0.25) is 0 Å². The average Bonchev–Trinajstić information content (AvgIpc) is 2.04. The number of benzene rings is 1. The van der Waals surface area contributed by atoms with Crippen LogP contribution >= 0.6 is 24.4 Å². The third kappa shape index (κ3) is 2.17. The van der Waals surface area contributed by atoms with E-state index in [0.717, 1.165) is 0 Å². The lowest BCUT2D eigenvalue weighted by Crippen LogP contribution is -1.86. The van der Waals surface area contributed by atoms with Gasteiger partial charge in [-0.05, 0) is 24.8 Å². The lowest BCUT2D eigenvalue weighted by Gasteiger charge is -2.08. The molecule has 0 aliphatic carbocycles. The Balaban J connectivity index is 3.02. The summed E-state index contributed by atoms with van der Waals surface area (Å²) in [6.07, 6.45) is 2.09. The number of thiol groups is 1. The Labute approximate surface area is 77.8 Å². The maximum absolute atomic E-state index is 4.40. The Hall–Kier alpha value is -0.0800. The van der Waals surface area contributed by atoms with Crippen LogP contribution in [0.15, 0.2) is 29.2 Å². The summed E-state index contributed by atoms with van der Waals surface area (Å²) in [4.78, 5) is 1.33. The van der Waals surface area contributed by atoms with Crippen LogP contribution in [-0.4, -0.2) is 6.26 Å². The molecule has 0 aromatic heterocycles. The zero-order valence-electron chi connectivity index (χ0n) is 6.74. The van der Waals surface area contributed by atoms with E-state index >= 15 is 0 Å². The molecule has 1 unspecified atom stereocenters. The number of thioether (sulfide) groups is 1. The van der Waals surface area contributed by atoms with Crippen molar-refractivity contribution in [2.45, 2.75) is 17.1 Å². The highest BCUT2D eigenvalue weighted by molar-refractivity contribution is 7.98. The van der Waals surface area contributed by atoms with Crippen LogP contribution < -0.4 is 0 Å². The lowest BCUT2D eigenvalue weighted by molar-refractivity contribution is 1.06. The van der Waals surface area contributed by atoms with E-state index < -0.39 is 0 Å². The molecule has 0 bridgehead atoms. The summed E-state index contributed by atoms with van der Waals surface area (Å²) in [5.74, 6) is 0. The molecule has 0 N–H and O–H groups in total. The van der Waals surface area contributed by atoms with E-state index in [1.807, 2.05) is 0 Å². The predicted molar refractivity (Wildman–Crippen MR) is 55.6 cm³/mol. The molecule has 0 heterocycles. The molecule has 0 spiro atoms. The zero-order valence-corrected chi connectivity index (χ0v) is 8.45. The van der Waals surface area contributed by atoms with Crippen LogP contribution in [-0.2, 0) is 0 Å². The van der Waals surface area contributed by atoms with E-state index in [2.05, 4.69) is 50.1 Å². The fraction of sp³-hybridized carbons (Fsp3) is 0.333. The fourth-order valence-corrected chi connectivity index (χ4v) is 2.02. The summed E-state index contributed by atoms with van der Waals surface area (Å²) in [6, 6.07) is 8.38. The largest absolute Gasteiger partial charge is 0.171 e. The van der Waals surface area contributed by atoms with Gasteiger partial charge >= 0.3 is 0 Å². The first kappa shape index (κ1) is 9.01. The van der Waals surface area contributed by atoms with E-state index in [0.29, 0.717) is 5.25 Å². The van der Waals surface area contributed by atoms with Crippen molar-refractivity contribution in [2.24, 2.45) is 0 Å². The van der Waals surface area contributed by atoms with Crippen molar-refractivity contribution in [3.8, 4) is 0 Å². The van der Waals surface area contributed by atoms with Gasteiger partial charge in [0.1, 0.15) is 0 Å². The van der Waals surface area contributed by atoms with Crippen LogP contribution in [0.3, 0.4) is 0 Å². The Morgan fingerprint density at radius 1 is 1.36 bits per heavy atom. The van der Waals surface area contributed by atoms with Crippen molar-refractivity contribution >= 4 is 24.4 Å². The second-order valence-electron chi connectivity index (χ2n) is 2.42. The van der Waals surface area contributed by atoms with Crippen LogP contribution in [0.5, 0.6) is 0 Å². The fourth-order valence-electron chi connectivity index (χ4n) is 1.01. The van der Waals surface area contributed by atoms with Gasteiger partial charge in [-0.2, -0.15) is 12.6 Å². The zero-order chi connectivity index (χ0) is 8.27. The SMILES string of the molecule is CSc1ccccc1C(C)S. The van der Waals surface area contributed by atoms with Crippen LogP contribution in [0, 0.1) is 0 Å². The summed E-state index contributed by atoms with van der Waals surface area (Å²) < 4.78 is 0. The van der Waals surface area contributed by atoms with E-state index in [9.17, 15) is 0 Å². The number of hydrogen-bond acceptors (Lipinski definition) is 2. The molecule has 0 aliphatic rings. The molecule has 0 amide bonds. The Morgan fingerprint density at radius 3 is 2.45 bits per heavy atom. The maximum Gasteiger partial charge on any atom is 0.0249 e. The van der Waals surface area contributed by atoms with Crippen molar-refractivity contribution in [2.75, 3.05) is 6.26 Å². The van der Waals surface area contributed by atoms with Crippen LogP contribution in [0.4, 0.5) is 0 Å². The summed E-state index contributed by atoms with van der Waals surface area (Å²) in [6.45, 7) is 2.10. The highest BCUT2D eigenvalue weighted by Gasteiger charge is 2.03. The topological polar surface area (TPSA) is 0 Å². The van der Waals surface area contributed by atoms with Crippen molar-refractivity contribution in [3.63, 3.8) is 0 Å². The molecule has 1 aromatic carbocycles. The molecule has 1 rings (SSSR count). The van der Waals surface area contributed by atoms with Gasteiger partial charge in [0.15, 0.2) is 0 Å². The summed E-state index contributed by atoms with van der Waals surface area (Å²) in [5.41, 5.74) is 1.32. The van der Waals surface area contributed by atoms with Gasteiger partial charge in [-0.3, -0.25) is 0 Å². The Kier molecular flexibility index (Phi) is 3.34. The van der Waals surface area contributed by atoms with E-state index in [1.165, 1.54) is 10.5 Å². The van der Waals surface area contributed by atoms with Crippen LogP contribution in [0.25, 0.3) is 0 Å². The average molecular weight is 184 g/mol. The number of rotatable bonds is 2. The summed E-state index contributed by atoms with van der Waals surface area (Å²) in [7, 11) is 0. The molecule has 1 atom stereocenters. The van der Waals surface area contributed by atoms with Crippen molar-refractivity contribution in [1.29, 1.82) is 0 Å². The maximum atomic E-state index is 4.40. The van der Waals surface area contributed by atoms with Crippen molar-refractivity contribution < 1.29 is 0 Å². The van der Waals surface area contributed by atoms with Crippen molar-refractivity contribution in [1.82, 2.24) is 0 Å². The first-order chi connectivity index (χ1) is 5.25. The molecule has 0 radical (unpaired) electrons. The molecule has 0 saturated carbocycles. The quantitative estimate of drug-likeness (QED) is 0.543. The second kappa shape index (κ2) is 4.07. The van der Waals surface area contributed by atoms with Gasteiger partial charge in [0.05, 0.1) is 0 Å². The summed E-state index contributed by atoms with van der Waals surface area (Å²) in [5, 5.41) is 0.332.